The molecule has 0 bridgehead atoms. The molecule has 0 radical (unpaired) electrons. The van der Waals surface area contributed by atoms with Crippen molar-refractivity contribution in [1.29, 1.82) is 0 Å². The summed E-state index contributed by atoms with van der Waals surface area (Å²) in [4.78, 5) is 18.9. The Kier molecular flexibility index (Phi) is 9.94. The van der Waals surface area contributed by atoms with Crippen LogP contribution in [0.25, 0.3) is 0 Å². The topological polar surface area (TPSA) is 87.4 Å². The lowest BCUT2D eigenvalue weighted by atomic mass is 10.2. The Morgan fingerprint density at radius 1 is 1.30 bits per heavy atom. The molecule has 1 unspecified atom stereocenters. The number of likely N-dealkylation sites (tertiary alicyclic amines) is 1. The third kappa shape index (κ3) is 7.18. The van der Waals surface area contributed by atoms with Gasteiger partial charge in [-0.1, -0.05) is 39.5 Å². The normalized spacial score (nSPS) is 17.3. The minimum Gasteiger partial charge on any atom is -0.357 e. The molecule has 1 amide bonds. The van der Waals surface area contributed by atoms with Crippen molar-refractivity contribution in [3.63, 3.8) is 0 Å². The molecule has 1 saturated heterocycles. The van der Waals surface area contributed by atoms with Crippen molar-refractivity contribution in [2.75, 3.05) is 32.4 Å². The Morgan fingerprint density at radius 2 is 2.07 bits per heavy atom. The average Bonchev–Trinajstić information content (AvgIpc) is 3.31. The molecule has 2 N–H and O–H groups in total. The Bertz CT molecular complexity index is 702. The molecule has 1 aromatic rings. The Labute approximate surface area is 185 Å². The molecule has 0 aromatic carbocycles. The van der Waals surface area contributed by atoms with Gasteiger partial charge in [-0.25, -0.2) is 0 Å². The summed E-state index contributed by atoms with van der Waals surface area (Å²) in [6.07, 6.45) is 4.79. The average molecular weight is 438 g/mol. The smallest absolute Gasteiger partial charge is 0.225 e. The van der Waals surface area contributed by atoms with E-state index in [1.165, 1.54) is 0 Å². The summed E-state index contributed by atoms with van der Waals surface area (Å²) in [6, 6.07) is 0.253. The number of aromatic nitrogens is 3. The Balaban J connectivity index is 1.87. The largest absolute Gasteiger partial charge is 0.357 e. The number of carbonyl (C=O) groups is 1. The molecule has 9 heteroatoms. The van der Waals surface area contributed by atoms with Crippen LogP contribution in [0.3, 0.4) is 0 Å². The second-order valence-corrected chi connectivity index (χ2v) is 9.31. The van der Waals surface area contributed by atoms with Crippen molar-refractivity contribution < 1.29 is 4.79 Å². The van der Waals surface area contributed by atoms with Crippen molar-refractivity contribution in [2.24, 2.45) is 16.8 Å². The maximum absolute atomic E-state index is 12.2. The van der Waals surface area contributed by atoms with E-state index < -0.39 is 0 Å². The number of guanidine groups is 1. The van der Waals surface area contributed by atoms with E-state index in [9.17, 15) is 4.79 Å². The van der Waals surface area contributed by atoms with Crippen molar-refractivity contribution >= 4 is 23.6 Å². The predicted octanol–water partition coefficient (Wildman–Crippen LogP) is 2.40. The minimum atomic E-state index is 0.0509. The lowest BCUT2D eigenvalue weighted by Gasteiger charge is -2.20. The van der Waals surface area contributed by atoms with E-state index in [4.69, 9.17) is 4.99 Å². The molecule has 1 aliphatic rings. The molecule has 0 saturated carbocycles. The quantitative estimate of drug-likeness (QED) is 0.253. The number of aliphatic imine (C=N–C) groups is 1. The lowest BCUT2D eigenvalue weighted by Crippen LogP contribution is -2.45. The molecular weight excluding hydrogens is 398 g/mol. The molecule has 170 valence electrons. The van der Waals surface area contributed by atoms with Crippen LogP contribution in [-0.4, -0.2) is 70.0 Å². The second-order valence-electron chi connectivity index (χ2n) is 8.54. The molecule has 1 aliphatic heterocycles. The zero-order valence-electron chi connectivity index (χ0n) is 19.4. The zero-order chi connectivity index (χ0) is 22.1. The molecule has 2 rings (SSSR count). The van der Waals surface area contributed by atoms with Crippen LogP contribution in [0, 0.1) is 11.8 Å². The highest BCUT2D eigenvalue weighted by Gasteiger charge is 2.27. The number of hydrogen-bond acceptors (Lipinski definition) is 5. The number of hydrogen-bond donors (Lipinski definition) is 2. The number of amides is 1. The van der Waals surface area contributed by atoms with Gasteiger partial charge in [-0.15, -0.1) is 10.2 Å². The fraction of sp³-hybridized carbons (Fsp3) is 0.810. The molecule has 8 nitrogen and oxygen atoms in total. The van der Waals surface area contributed by atoms with Gasteiger partial charge in [0.25, 0.3) is 0 Å². The summed E-state index contributed by atoms with van der Waals surface area (Å²) >= 11 is 1.64. The van der Waals surface area contributed by atoms with Crippen LogP contribution < -0.4 is 10.6 Å². The second kappa shape index (κ2) is 12.2. The zero-order valence-corrected chi connectivity index (χ0v) is 20.3. The van der Waals surface area contributed by atoms with Crippen LogP contribution in [0.1, 0.15) is 53.3 Å². The third-order valence-corrected chi connectivity index (χ3v) is 5.70. The van der Waals surface area contributed by atoms with Gasteiger partial charge < -0.3 is 20.1 Å². The molecule has 2 heterocycles. The highest BCUT2D eigenvalue weighted by molar-refractivity contribution is 7.98. The molecular formula is C21H39N7OS. The number of rotatable bonds is 10. The van der Waals surface area contributed by atoms with Crippen LogP contribution in [-0.2, 0) is 17.8 Å². The first-order chi connectivity index (χ1) is 14.3. The highest BCUT2D eigenvalue weighted by atomic mass is 32.2. The predicted molar refractivity (Wildman–Crippen MR) is 124 cm³/mol. The van der Waals surface area contributed by atoms with E-state index in [-0.39, 0.29) is 17.9 Å². The summed E-state index contributed by atoms with van der Waals surface area (Å²) < 4.78 is 2.24. The fourth-order valence-corrected chi connectivity index (χ4v) is 4.11. The van der Waals surface area contributed by atoms with E-state index in [2.05, 4.69) is 46.2 Å². The monoisotopic (exact) mass is 437 g/mol. The third-order valence-electron chi connectivity index (χ3n) is 5.03. The Morgan fingerprint density at radius 3 is 2.70 bits per heavy atom. The molecule has 0 aliphatic carbocycles. The summed E-state index contributed by atoms with van der Waals surface area (Å²) in [5.41, 5.74) is 0. The van der Waals surface area contributed by atoms with Gasteiger partial charge in [-0.05, 0) is 31.9 Å². The van der Waals surface area contributed by atoms with E-state index in [0.29, 0.717) is 5.92 Å². The summed E-state index contributed by atoms with van der Waals surface area (Å²) in [6.45, 7) is 14.5. The van der Waals surface area contributed by atoms with Gasteiger partial charge in [0, 0.05) is 51.1 Å². The van der Waals surface area contributed by atoms with Crippen LogP contribution >= 0.6 is 11.8 Å². The van der Waals surface area contributed by atoms with Crippen LogP contribution in [0.5, 0.6) is 0 Å². The standard InChI is InChI=1S/C21H39N7OS/c1-7-22-20(24-17-10-12-27(14-17)19(29)16(4)5)23-11-8-9-18-25-26-21(30-6)28(18)13-15(2)3/h15-17H,7-14H2,1-6H3,(H2,22,23,24). The molecule has 1 aromatic heterocycles. The maximum atomic E-state index is 12.2. The first-order valence-electron chi connectivity index (χ1n) is 11.1. The number of aryl methyl sites for hydroxylation is 1. The van der Waals surface area contributed by atoms with Crippen molar-refractivity contribution in [2.45, 2.75) is 71.6 Å². The Hall–Kier alpha value is -1.77. The lowest BCUT2D eigenvalue weighted by molar-refractivity contribution is -0.133. The van der Waals surface area contributed by atoms with Gasteiger partial charge in [0.1, 0.15) is 5.82 Å². The molecule has 1 atom stereocenters. The maximum Gasteiger partial charge on any atom is 0.225 e. The molecule has 30 heavy (non-hydrogen) atoms. The van der Waals surface area contributed by atoms with Gasteiger partial charge in [0.2, 0.25) is 5.91 Å². The van der Waals surface area contributed by atoms with Crippen molar-refractivity contribution in [3.05, 3.63) is 5.82 Å². The first-order valence-corrected chi connectivity index (χ1v) is 12.4. The van der Waals surface area contributed by atoms with Gasteiger partial charge in [-0.3, -0.25) is 9.79 Å². The van der Waals surface area contributed by atoms with E-state index in [1.54, 1.807) is 11.8 Å². The van der Waals surface area contributed by atoms with Crippen molar-refractivity contribution in [3.8, 4) is 0 Å². The van der Waals surface area contributed by atoms with Gasteiger partial charge in [-0.2, -0.15) is 0 Å². The molecule has 1 fully saturated rings. The number of carbonyl (C=O) groups excluding carboxylic acids is 1. The van der Waals surface area contributed by atoms with Crippen molar-refractivity contribution in [1.82, 2.24) is 30.3 Å². The number of nitrogens with zero attached hydrogens (tertiary/aromatic N) is 5. The van der Waals surface area contributed by atoms with Crippen LogP contribution in [0.2, 0.25) is 0 Å². The fourth-order valence-electron chi connectivity index (χ4n) is 3.59. The van der Waals surface area contributed by atoms with Gasteiger partial charge >= 0.3 is 0 Å². The highest BCUT2D eigenvalue weighted by Crippen LogP contribution is 2.17. The number of nitrogens with one attached hydrogen (secondary N) is 2. The minimum absolute atomic E-state index is 0.0509. The molecule has 0 spiro atoms. The van der Waals surface area contributed by atoms with Crippen LogP contribution in [0.15, 0.2) is 10.1 Å². The van der Waals surface area contributed by atoms with Gasteiger partial charge in [0.05, 0.1) is 0 Å². The summed E-state index contributed by atoms with van der Waals surface area (Å²) in [5.74, 6) is 2.71. The first kappa shape index (κ1) is 24.5. The summed E-state index contributed by atoms with van der Waals surface area (Å²) in [5, 5.41) is 16.5. The van der Waals surface area contributed by atoms with E-state index >= 15 is 0 Å². The van der Waals surface area contributed by atoms with E-state index in [1.807, 2.05) is 25.0 Å². The SMILES string of the molecule is CCNC(=NCCCc1nnc(SC)n1CC(C)C)NC1CCN(C(=O)C(C)C)C1. The number of thioether (sulfide) groups is 1. The van der Waals surface area contributed by atoms with E-state index in [0.717, 1.165) is 68.9 Å². The van der Waals surface area contributed by atoms with Gasteiger partial charge in [0.15, 0.2) is 11.1 Å². The summed E-state index contributed by atoms with van der Waals surface area (Å²) in [7, 11) is 0. The van der Waals surface area contributed by atoms with Crippen LogP contribution in [0.4, 0.5) is 0 Å².